The van der Waals surface area contributed by atoms with E-state index in [2.05, 4.69) is 19.2 Å². The lowest BCUT2D eigenvalue weighted by atomic mass is 10.1. The molecule has 3 rings (SSSR count). The van der Waals surface area contributed by atoms with Crippen LogP contribution in [-0.4, -0.2) is 29.9 Å². The molecule has 1 aliphatic rings. The van der Waals surface area contributed by atoms with Gasteiger partial charge in [-0.1, -0.05) is 25.4 Å². The van der Waals surface area contributed by atoms with Crippen molar-refractivity contribution in [3.05, 3.63) is 50.9 Å². The Morgan fingerprint density at radius 1 is 1.36 bits per heavy atom. The highest BCUT2D eigenvalue weighted by molar-refractivity contribution is 6.30. The van der Waals surface area contributed by atoms with Crippen LogP contribution < -0.4 is 20.6 Å². The van der Waals surface area contributed by atoms with Crippen LogP contribution in [0.15, 0.2) is 29.1 Å². The lowest BCUT2D eigenvalue weighted by molar-refractivity contribution is 0.155. The SMILES string of the molecule is COn1c(N(CC(C)C)c2ccc(Cl)cc2)nc2c(c1=O)CNCC2. The third-order valence-electron chi connectivity index (χ3n) is 4.16. The van der Waals surface area contributed by atoms with E-state index >= 15 is 0 Å². The van der Waals surface area contributed by atoms with E-state index in [1.54, 1.807) is 0 Å². The highest BCUT2D eigenvalue weighted by Gasteiger charge is 2.24. The standard InChI is InChI=1S/C18H23ClN4O2/c1-12(2)11-22(14-6-4-13(19)5-7-14)18-21-16-8-9-20-10-15(16)17(24)23(18)25-3/h4-7,12,20H,8-11H2,1-3H3. The molecule has 1 aliphatic heterocycles. The number of aromatic nitrogens is 2. The van der Waals surface area contributed by atoms with E-state index in [0.717, 1.165) is 24.3 Å². The summed E-state index contributed by atoms with van der Waals surface area (Å²) in [6.45, 7) is 6.30. The monoisotopic (exact) mass is 362 g/mol. The van der Waals surface area contributed by atoms with Crippen molar-refractivity contribution < 1.29 is 4.84 Å². The molecule has 2 heterocycles. The third-order valence-corrected chi connectivity index (χ3v) is 4.41. The molecule has 7 heteroatoms. The van der Waals surface area contributed by atoms with Crippen molar-refractivity contribution in [3.63, 3.8) is 0 Å². The molecule has 0 saturated heterocycles. The summed E-state index contributed by atoms with van der Waals surface area (Å²) in [7, 11) is 1.49. The summed E-state index contributed by atoms with van der Waals surface area (Å²) < 4.78 is 1.28. The number of hydrogen-bond donors (Lipinski definition) is 1. The molecule has 0 fully saturated rings. The molecule has 0 atom stereocenters. The highest BCUT2D eigenvalue weighted by atomic mass is 35.5. The van der Waals surface area contributed by atoms with E-state index in [4.69, 9.17) is 21.4 Å². The van der Waals surface area contributed by atoms with Crippen LogP contribution in [0.3, 0.4) is 0 Å². The van der Waals surface area contributed by atoms with Gasteiger partial charge in [0, 0.05) is 36.8 Å². The normalized spacial score (nSPS) is 13.6. The minimum Gasteiger partial charge on any atom is -0.411 e. The van der Waals surface area contributed by atoms with Gasteiger partial charge in [0.15, 0.2) is 0 Å². The molecule has 0 aliphatic carbocycles. The second-order valence-corrected chi connectivity index (χ2v) is 6.96. The van der Waals surface area contributed by atoms with Crippen molar-refractivity contribution in [1.82, 2.24) is 15.0 Å². The number of nitrogens with one attached hydrogen (secondary N) is 1. The van der Waals surface area contributed by atoms with E-state index in [1.165, 1.54) is 11.8 Å². The van der Waals surface area contributed by atoms with Gasteiger partial charge < -0.3 is 15.1 Å². The Hall–Kier alpha value is -2.05. The molecule has 0 saturated carbocycles. The molecule has 134 valence electrons. The summed E-state index contributed by atoms with van der Waals surface area (Å²) in [5, 5.41) is 3.88. The van der Waals surface area contributed by atoms with E-state index in [0.29, 0.717) is 35.5 Å². The fraction of sp³-hybridized carbons (Fsp3) is 0.444. The maximum atomic E-state index is 12.9. The Labute approximate surface area is 152 Å². The predicted molar refractivity (Wildman–Crippen MR) is 99.7 cm³/mol. The topological polar surface area (TPSA) is 59.4 Å². The molecule has 0 spiro atoms. The smallest absolute Gasteiger partial charge is 0.292 e. The van der Waals surface area contributed by atoms with Gasteiger partial charge in [-0.25, -0.2) is 4.98 Å². The van der Waals surface area contributed by atoms with Gasteiger partial charge in [-0.2, -0.15) is 0 Å². The minimum absolute atomic E-state index is 0.155. The first-order valence-corrected chi connectivity index (χ1v) is 8.82. The van der Waals surface area contributed by atoms with E-state index in [1.807, 2.05) is 29.2 Å². The number of hydrogen-bond acceptors (Lipinski definition) is 5. The lowest BCUT2D eigenvalue weighted by Gasteiger charge is -2.29. The average molecular weight is 363 g/mol. The minimum atomic E-state index is -0.155. The van der Waals surface area contributed by atoms with Crippen LogP contribution in [0.5, 0.6) is 0 Å². The summed E-state index contributed by atoms with van der Waals surface area (Å²) in [6, 6.07) is 7.53. The number of anilines is 2. The van der Waals surface area contributed by atoms with Crippen molar-refractivity contribution >= 4 is 23.2 Å². The largest absolute Gasteiger partial charge is 0.411 e. The first-order valence-electron chi connectivity index (χ1n) is 8.44. The van der Waals surface area contributed by atoms with Crippen LogP contribution in [0.1, 0.15) is 25.1 Å². The predicted octanol–water partition coefficient (Wildman–Crippen LogP) is 2.39. The van der Waals surface area contributed by atoms with Gasteiger partial charge in [0.25, 0.3) is 5.56 Å². The van der Waals surface area contributed by atoms with Gasteiger partial charge in [0.1, 0.15) is 7.11 Å². The molecule has 2 aromatic rings. The van der Waals surface area contributed by atoms with Crippen molar-refractivity contribution in [2.45, 2.75) is 26.8 Å². The Morgan fingerprint density at radius 2 is 2.08 bits per heavy atom. The van der Waals surface area contributed by atoms with Gasteiger partial charge in [-0.15, -0.1) is 4.73 Å². The third kappa shape index (κ3) is 3.65. The van der Waals surface area contributed by atoms with Crippen LogP contribution in [0.25, 0.3) is 0 Å². The Bertz CT molecular complexity index is 802. The van der Waals surface area contributed by atoms with Crippen LogP contribution in [0.2, 0.25) is 5.02 Å². The second-order valence-electron chi connectivity index (χ2n) is 6.53. The fourth-order valence-electron chi connectivity index (χ4n) is 3.00. The molecule has 1 aromatic carbocycles. The van der Waals surface area contributed by atoms with Gasteiger partial charge >= 0.3 is 0 Å². The molecule has 0 unspecified atom stereocenters. The highest BCUT2D eigenvalue weighted by Crippen LogP contribution is 2.26. The van der Waals surface area contributed by atoms with Crippen molar-refractivity contribution in [2.24, 2.45) is 5.92 Å². The maximum Gasteiger partial charge on any atom is 0.292 e. The number of nitrogens with zero attached hydrogens (tertiary/aromatic N) is 3. The zero-order valence-corrected chi connectivity index (χ0v) is 15.5. The number of rotatable bonds is 5. The summed E-state index contributed by atoms with van der Waals surface area (Å²) in [5.41, 5.74) is 2.29. The number of halogens is 1. The molecule has 6 nitrogen and oxygen atoms in total. The maximum absolute atomic E-state index is 12.9. The fourth-order valence-corrected chi connectivity index (χ4v) is 3.12. The Balaban J connectivity index is 2.16. The molecule has 25 heavy (non-hydrogen) atoms. The summed E-state index contributed by atoms with van der Waals surface area (Å²) in [4.78, 5) is 25.0. The van der Waals surface area contributed by atoms with Gasteiger partial charge in [-0.05, 0) is 30.2 Å². The molecule has 0 bridgehead atoms. The first kappa shape index (κ1) is 17.8. The molecule has 0 radical (unpaired) electrons. The first-order chi connectivity index (χ1) is 12.0. The van der Waals surface area contributed by atoms with Gasteiger partial charge in [0.05, 0.1) is 11.3 Å². The molecule has 1 N–H and O–H groups in total. The Morgan fingerprint density at radius 3 is 2.72 bits per heavy atom. The summed E-state index contributed by atoms with van der Waals surface area (Å²) in [6.07, 6.45) is 0.734. The molecular formula is C18H23ClN4O2. The van der Waals surface area contributed by atoms with E-state index in [9.17, 15) is 4.79 Å². The summed E-state index contributed by atoms with van der Waals surface area (Å²) in [5.74, 6) is 0.875. The average Bonchev–Trinajstić information content (AvgIpc) is 2.60. The summed E-state index contributed by atoms with van der Waals surface area (Å²) >= 11 is 6.03. The number of benzene rings is 1. The van der Waals surface area contributed by atoms with Crippen molar-refractivity contribution in [2.75, 3.05) is 25.1 Å². The van der Waals surface area contributed by atoms with Crippen LogP contribution in [0.4, 0.5) is 11.6 Å². The van der Waals surface area contributed by atoms with Crippen LogP contribution >= 0.6 is 11.6 Å². The molecule has 0 amide bonds. The van der Waals surface area contributed by atoms with Crippen LogP contribution in [-0.2, 0) is 13.0 Å². The second kappa shape index (κ2) is 7.45. The zero-order chi connectivity index (χ0) is 18.0. The molecule has 1 aromatic heterocycles. The van der Waals surface area contributed by atoms with Crippen molar-refractivity contribution in [1.29, 1.82) is 0 Å². The number of fused-ring (bicyclic) bond motifs is 1. The van der Waals surface area contributed by atoms with E-state index in [-0.39, 0.29) is 5.56 Å². The zero-order valence-electron chi connectivity index (χ0n) is 14.8. The molecular weight excluding hydrogens is 340 g/mol. The van der Waals surface area contributed by atoms with Gasteiger partial charge in [0.2, 0.25) is 5.95 Å². The van der Waals surface area contributed by atoms with E-state index < -0.39 is 0 Å². The van der Waals surface area contributed by atoms with Crippen molar-refractivity contribution in [3.8, 4) is 0 Å². The lowest BCUT2D eigenvalue weighted by Crippen LogP contribution is -2.40. The Kier molecular flexibility index (Phi) is 5.30. The quantitative estimate of drug-likeness (QED) is 0.885. The van der Waals surface area contributed by atoms with Gasteiger partial charge in [-0.3, -0.25) is 4.79 Å². The van der Waals surface area contributed by atoms with Crippen LogP contribution in [0, 0.1) is 5.92 Å².